The monoisotopic (exact) mass is 201 g/mol. The van der Waals surface area contributed by atoms with Crippen LogP contribution in [-0.4, -0.2) is 34.9 Å². The predicted molar refractivity (Wildman–Crippen MR) is 53.7 cm³/mol. The van der Waals surface area contributed by atoms with Gasteiger partial charge in [0, 0.05) is 0 Å². The molecular formula is C10H7N3O2. The lowest BCUT2D eigenvalue weighted by atomic mass is 9.95. The highest BCUT2D eigenvalue weighted by molar-refractivity contribution is 6.26. The minimum absolute atomic E-state index is 0.0268. The number of hydrogen-bond acceptors (Lipinski definition) is 2. The molecule has 1 aliphatic carbocycles. The van der Waals surface area contributed by atoms with Gasteiger partial charge in [0.15, 0.2) is 0 Å². The largest absolute Gasteiger partial charge is 0.349 e. The van der Waals surface area contributed by atoms with E-state index >= 15 is 0 Å². The Labute approximate surface area is 85.5 Å². The maximum absolute atomic E-state index is 11.5. The molecule has 3 amide bonds. The summed E-state index contributed by atoms with van der Waals surface area (Å²) in [5.41, 5.74) is 0.659. The Hall–Kier alpha value is -2.04. The zero-order valence-electron chi connectivity index (χ0n) is 7.75. The van der Waals surface area contributed by atoms with Gasteiger partial charge in [-0.2, -0.15) is 9.98 Å². The first-order valence-electron chi connectivity index (χ1n) is 4.62. The summed E-state index contributed by atoms with van der Waals surface area (Å²) in [7, 11) is 0. The summed E-state index contributed by atoms with van der Waals surface area (Å²) in [6.07, 6.45) is 7.33. The minimum atomic E-state index is -0.397. The van der Waals surface area contributed by atoms with Crippen LogP contribution in [-0.2, 0) is 4.79 Å². The van der Waals surface area contributed by atoms with Crippen LogP contribution >= 0.6 is 0 Å². The van der Waals surface area contributed by atoms with Crippen LogP contribution in [0.2, 0.25) is 0 Å². The fraction of sp³-hybridized carbons (Fsp3) is 0.200. The Morgan fingerprint density at radius 3 is 3.00 bits per heavy atom. The number of nitrogens with zero attached hydrogens (tertiary/aromatic N) is 3. The van der Waals surface area contributed by atoms with E-state index in [0.29, 0.717) is 11.5 Å². The number of carbonyl (C=O) groups is 2. The topological polar surface area (TPSA) is 62.1 Å². The molecule has 3 aliphatic rings. The second-order valence-electron chi connectivity index (χ2n) is 3.49. The maximum atomic E-state index is 11.5. The summed E-state index contributed by atoms with van der Waals surface area (Å²) in [6.45, 7) is 0.0268. The second-order valence-corrected chi connectivity index (χ2v) is 3.49. The molecule has 5 heteroatoms. The molecular weight excluding hydrogens is 194 g/mol. The molecule has 15 heavy (non-hydrogen) atoms. The molecule has 0 bridgehead atoms. The maximum Gasteiger partial charge on any atom is 0.349 e. The molecule has 0 aromatic carbocycles. The molecule has 0 aromatic heterocycles. The third kappa shape index (κ3) is 1.09. The van der Waals surface area contributed by atoms with E-state index in [0.717, 1.165) is 0 Å². The summed E-state index contributed by atoms with van der Waals surface area (Å²) in [4.78, 5) is 31.8. The predicted octanol–water partition coefficient (Wildman–Crippen LogP) is 0.544. The zero-order chi connectivity index (χ0) is 10.4. The number of aliphatic imine (C=N–C) groups is 2. The van der Waals surface area contributed by atoms with Crippen molar-refractivity contribution in [1.29, 1.82) is 0 Å². The molecule has 0 fully saturated rings. The number of carbonyl (C=O) groups excluding carboxylic acids is 2. The summed E-state index contributed by atoms with van der Waals surface area (Å²) in [6, 6.07) is -0.397. The van der Waals surface area contributed by atoms with Gasteiger partial charge in [0.25, 0.3) is 5.91 Å². The van der Waals surface area contributed by atoms with Gasteiger partial charge < -0.3 is 0 Å². The van der Waals surface area contributed by atoms with Crippen molar-refractivity contribution in [2.24, 2.45) is 15.9 Å². The summed E-state index contributed by atoms with van der Waals surface area (Å²) >= 11 is 0. The number of hydrogen-bond donors (Lipinski definition) is 0. The van der Waals surface area contributed by atoms with Gasteiger partial charge >= 0.3 is 6.03 Å². The molecule has 0 radical (unpaired) electrons. The van der Waals surface area contributed by atoms with Crippen LogP contribution in [0.4, 0.5) is 4.79 Å². The van der Waals surface area contributed by atoms with Crippen LogP contribution < -0.4 is 0 Å². The normalized spacial score (nSPS) is 27.5. The van der Waals surface area contributed by atoms with Crippen molar-refractivity contribution in [2.75, 3.05) is 6.54 Å². The van der Waals surface area contributed by atoms with Gasteiger partial charge in [0.2, 0.25) is 0 Å². The average Bonchev–Trinajstić information content (AvgIpc) is 2.61. The molecule has 2 heterocycles. The lowest BCUT2D eigenvalue weighted by molar-refractivity contribution is -0.116. The molecule has 3 rings (SSSR count). The first-order valence-corrected chi connectivity index (χ1v) is 4.62. The third-order valence-electron chi connectivity index (χ3n) is 2.54. The van der Waals surface area contributed by atoms with Gasteiger partial charge in [-0.05, 0) is 6.08 Å². The van der Waals surface area contributed by atoms with Crippen LogP contribution in [0.15, 0.2) is 34.3 Å². The van der Waals surface area contributed by atoms with Crippen LogP contribution in [0, 0.1) is 5.92 Å². The molecule has 0 spiro atoms. The van der Waals surface area contributed by atoms with E-state index < -0.39 is 6.03 Å². The van der Waals surface area contributed by atoms with Crippen molar-refractivity contribution in [3.63, 3.8) is 0 Å². The van der Waals surface area contributed by atoms with Crippen molar-refractivity contribution in [1.82, 2.24) is 4.90 Å². The molecule has 2 aliphatic heterocycles. The van der Waals surface area contributed by atoms with Gasteiger partial charge in [0.1, 0.15) is 12.4 Å². The van der Waals surface area contributed by atoms with Crippen molar-refractivity contribution in [2.45, 2.75) is 0 Å². The number of rotatable bonds is 0. The first-order chi connectivity index (χ1) is 7.25. The number of urea groups is 1. The smallest absolute Gasteiger partial charge is 0.270 e. The van der Waals surface area contributed by atoms with Crippen molar-refractivity contribution in [3.05, 3.63) is 24.3 Å². The Balaban J connectivity index is 2.13. The molecule has 0 saturated heterocycles. The number of amides is 3. The van der Waals surface area contributed by atoms with Gasteiger partial charge in [0.05, 0.1) is 11.6 Å². The highest BCUT2D eigenvalue weighted by Gasteiger charge is 2.38. The van der Waals surface area contributed by atoms with Crippen LogP contribution in [0.5, 0.6) is 0 Å². The molecule has 74 valence electrons. The van der Waals surface area contributed by atoms with Gasteiger partial charge in [-0.25, -0.2) is 4.79 Å². The highest BCUT2D eigenvalue weighted by atomic mass is 16.2. The Kier molecular flexibility index (Phi) is 1.50. The van der Waals surface area contributed by atoms with Crippen LogP contribution in [0.25, 0.3) is 0 Å². The van der Waals surface area contributed by atoms with E-state index in [1.807, 2.05) is 18.2 Å². The zero-order valence-corrected chi connectivity index (χ0v) is 7.75. The average molecular weight is 201 g/mol. The van der Waals surface area contributed by atoms with Crippen LogP contribution in [0.3, 0.4) is 0 Å². The lowest BCUT2D eigenvalue weighted by Gasteiger charge is -2.26. The summed E-state index contributed by atoms with van der Waals surface area (Å²) in [5.74, 6) is 0.0903. The van der Waals surface area contributed by atoms with Gasteiger partial charge in [-0.3, -0.25) is 9.69 Å². The van der Waals surface area contributed by atoms with E-state index in [4.69, 9.17) is 0 Å². The molecule has 0 aromatic rings. The minimum Gasteiger partial charge on any atom is -0.270 e. The van der Waals surface area contributed by atoms with E-state index in [1.54, 1.807) is 6.08 Å². The molecule has 1 atom stereocenters. The number of allylic oxidation sites excluding steroid dienone is 3. The quantitative estimate of drug-likeness (QED) is 0.574. The van der Waals surface area contributed by atoms with Crippen molar-refractivity contribution in [3.8, 4) is 0 Å². The first kappa shape index (κ1) is 8.28. The Morgan fingerprint density at radius 2 is 2.13 bits per heavy atom. The van der Waals surface area contributed by atoms with Gasteiger partial charge in [-0.15, -0.1) is 0 Å². The van der Waals surface area contributed by atoms with E-state index in [9.17, 15) is 9.59 Å². The standard InChI is InChI=1S/C10H7N3O2/c14-8-5-13-9(12-8)6-3-1-2-4-7(6)11-10(13)15/h1-4,6H,5H2. The number of fused-ring (bicyclic) bond motifs is 3. The molecule has 0 N–H and O–H groups in total. The Bertz CT molecular complexity index is 485. The highest BCUT2D eigenvalue weighted by Crippen LogP contribution is 2.23. The van der Waals surface area contributed by atoms with Crippen molar-refractivity contribution < 1.29 is 9.59 Å². The second kappa shape index (κ2) is 2.73. The fourth-order valence-corrected chi connectivity index (χ4v) is 1.87. The van der Waals surface area contributed by atoms with Crippen LogP contribution in [0.1, 0.15) is 0 Å². The fourth-order valence-electron chi connectivity index (χ4n) is 1.87. The van der Waals surface area contributed by atoms with E-state index in [2.05, 4.69) is 9.98 Å². The number of amidine groups is 1. The SMILES string of the molecule is O=C1CN2C(=O)N=C3C=CC=CC3C2=N1. The Morgan fingerprint density at radius 1 is 1.27 bits per heavy atom. The van der Waals surface area contributed by atoms with E-state index in [-0.39, 0.29) is 18.4 Å². The van der Waals surface area contributed by atoms with Gasteiger partial charge in [-0.1, -0.05) is 18.2 Å². The molecule has 0 saturated carbocycles. The summed E-state index contributed by atoms with van der Waals surface area (Å²) < 4.78 is 0. The molecule has 1 unspecified atom stereocenters. The summed E-state index contributed by atoms with van der Waals surface area (Å²) in [5, 5.41) is 0. The van der Waals surface area contributed by atoms with Crippen molar-refractivity contribution >= 4 is 23.5 Å². The lowest BCUT2D eigenvalue weighted by Crippen LogP contribution is -2.43. The molecule has 5 nitrogen and oxygen atoms in total. The third-order valence-corrected chi connectivity index (χ3v) is 2.54. The van der Waals surface area contributed by atoms with E-state index in [1.165, 1.54) is 4.90 Å².